The zero-order valence-electron chi connectivity index (χ0n) is 12.5. The Labute approximate surface area is 117 Å². The van der Waals surface area contributed by atoms with Gasteiger partial charge < -0.3 is 10.1 Å². The molecule has 20 heavy (non-hydrogen) atoms. The van der Waals surface area contributed by atoms with E-state index < -0.39 is 22.9 Å². The van der Waals surface area contributed by atoms with Crippen molar-refractivity contribution >= 4 is 6.09 Å². The van der Waals surface area contributed by atoms with Crippen LogP contribution in [0.1, 0.15) is 46.3 Å². The molecule has 0 bridgehead atoms. The Morgan fingerprint density at radius 1 is 1.40 bits per heavy atom. The van der Waals surface area contributed by atoms with Gasteiger partial charge in [-0.25, -0.2) is 14.2 Å². The Kier molecular flexibility index (Phi) is 4.52. The molecule has 0 saturated carbocycles. The smallest absolute Gasteiger partial charge is 0.408 e. The van der Waals surface area contributed by atoms with Gasteiger partial charge in [0.2, 0.25) is 0 Å². The lowest BCUT2D eigenvalue weighted by molar-refractivity contribution is 0.0522. The first kappa shape index (κ1) is 16.1. The van der Waals surface area contributed by atoms with Crippen molar-refractivity contribution in [3.63, 3.8) is 0 Å². The highest BCUT2D eigenvalue weighted by Crippen LogP contribution is 2.28. The maximum Gasteiger partial charge on any atom is 0.408 e. The van der Waals surface area contributed by atoms with Gasteiger partial charge in [0.05, 0.1) is 12.0 Å². The fourth-order valence-corrected chi connectivity index (χ4v) is 1.25. The number of carbonyl (C=O) groups excluding carboxylic acids is 1. The first-order valence-corrected chi connectivity index (χ1v) is 6.26. The van der Waals surface area contributed by atoms with Gasteiger partial charge in [0.15, 0.2) is 5.82 Å². The maximum atomic E-state index is 13.3. The van der Waals surface area contributed by atoms with Gasteiger partial charge >= 0.3 is 6.09 Å². The van der Waals surface area contributed by atoms with E-state index in [1.165, 1.54) is 0 Å². The van der Waals surface area contributed by atoms with Crippen molar-refractivity contribution in [2.24, 2.45) is 0 Å². The van der Waals surface area contributed by atoms with Gasteiger partial charge in [0.25, 0.3) is 0 Å². The normalized spacial score (nSPS) is 12.1. The van der Waals surface area contributed by atoms with Crippen LogP contribution in [0.15, 0.2) is 12.4 Å². The summed E-state index contributed by atoms with van der Waals surface area (Å²) in [7, 11) is 0. The number of hydrogen-bond acceptors (Lipinski definition) is 4. The van der Waals surface area contributed by atoms with Crippen molar-refractivity contribution in [2.75, 3.05) is 0 Å². The molecule has 7 heteroatoms. The van der Waals surface area contributed by atoms with Crippen LogP contribution in [0.5, 0.6) is 0 Å². The van der Waals surface area contributed by atoms with Gasteiger partial charge in [0, 0.05) is 0 Å². The summed E-state index contributed by atoms with van der Waals surface area (Å²) in [6.45, 7) is 12.0. The van der Waals surface area contributed by atoms with Crippen LogP contribution in [0.3, 0.4) is 0 Å². The molecule has 0 fully saturated rings. The number of amides is 1. The van der Waals surface area contributed by atoms with E-state index >= 15 is 0 Å². The summed E-state index contributed by atoms with van der Waals surface area (Å²) in [4.78, 5) is 15.6. The summed E-state index contributed by atoms with van der Waals surface area (Å²) in [6, 6.07) is 0. The molecule has 0 atom stereocenters. The third kappa shape index (κ3) is 4.32. The summed E-state index contributed by atoms with van der Waals surface area (Å²) in [5, 5.41) is 9.12. The molecule has 0 aliphatic heterocycles. The van der Waals surface area contributed by atoms with Crippen molar-refractivity contribution in [1.29, 1.82) is 0 Å². The number of allylic oxidation sites excluding steroid dienone is 1. The van der Waals surface area contributed by atoms with Crippen molar-refractivity contribution in [1.82, 2.24) is 20.5 Å². The van der Waals surface area contributed by atoms with Gasteiger partial charge in [-0.3, -0.25) is 5.10 Å². The van der Waals surface area contributed by atoms with Crippen LogP contribution in [0.25, 0.3) is 0 Å². The largest absolute Gasteiger partial charge is 0.444 e. The lowest BCUT2D eigenvalue weighted by Gasteiger charge is -2.19. The molecule has 1 amide bonds. The van der Waals surface area contributed by atoms with Crippen molar-refractivity contribution < 1.29 is 13.9 Å². The second kappa shape index (κ2) is 5.60. The summed E-state index contributed by atoms with van der Waals surface area (Å²) in [6.07, 6.45) is -0.551. The number of ether oxygens (including phenoxy) is 1. The van der Waals surface area contributed by atoms with E-state index in [4.69, 9.17) is 4.74 Å². The second-order valence-corrected chi connectivity index (χ2v) is 5.99. The number of alkyl carbamates (subject to hydrolysis) is 1. The molecular formula is C13H21FN4O2. The lowest BCUT2D eigenvalue weighted by Crippen LogP contribution is -2.32. The number of aromatic nitrogens is 3. The van der Waals surface area contributed by atoms with Gasteiger partial charge in [-0.1, -0.05) is 6.58 Å². The molecule has 6 nitrogen and oxygen atoms in total. The van der Waals surface area contributed by atoms with Crippen LogP contribution >= 0.6 is 0 Å². The standard InChI is InChI=1S/C13H21FN4O2/c1-8(14)13(5,6)10-16-9(17-18-10)7-15-11(19)20-12(2,3)4/h1,7H2,2-6H3,(H,15,19)(H,16,17,18). The number of halogens is 1. The van der Waals surface area contributed by atoms with E-state index in [0.717, 1.165) is 0 Å². The van der Waals surface area contributed by atoms with Crippen LogP contribution in [0.4, 0.5) is 9.18 Å². The SMILES string of the molecule is C=C(F)C(C)(C)c1n[nH]c(CNC(=O)OC(C)(C)C)n1. The quantitative estimate of drug-likeness (QED) is 0.890. The van der Waals surface area contributed by atoms with E-state index in [2.05, 4.69) is 27.1 Å². The molecule has 1 aromatic heterocycles. The molecule has 0 aliphatic carbocycles. The Morgan fingerprint density at radius 3 is 2.50 bits per heavy atom. The van der Waals surface area contributed by atoms with Crippen LogP contribution < -0.4 is 5.32 Å². The monoisotopic (exact) mass is 284 g/mol. The summed E-state index contributed by atoms with van der Waals surface area (Å²) >= 11 is 0. The molecule has 1 heterocycles. The van der Waals surface area contributed by atoms with E-state index in [1.54, 1.807) is 34.6 Å². The molecule has 0 aliphatic rings. The van der Waals surface area contributed by atoms with E-state index in [1.807, 2.05) is 0 Å². The third-order valence-corrected chi connectivity index (χ3v) is 2.57. The van der Waals surface area contributed by atoms with Crippen molar-refractivity contribution in [3.05, 3.63) is 24.1 Å². The van der Waals surface area contributed by atoms with Gasteiger partial charge in [-0.05, 0) is 34.6 Å². The van der Waals surface area contributed by atoms with E-state index in [-0.39, 0.29) is 12.4 Å². The summed E-state index contributed by atoms with van der Waals surface area (Å²) < 4.78 is 18.4. The molecule has 112 valence electrons. The molecule has 0 spiro atoms. The van der Waals surface area contributed by atoms with E-state index in [0.29, 0.717) is 5.82 Å². The number of hydrogen-bond donors (Lipinski definition) is 2. The molecule has 0 unspecified atom stereocenters. The molecule has 2 N–H and O–H groups in total. The van der Waals surface area contributed by atoms with Crippen LogP contribution in [0, 0.1) is 0 Å². The molecule has 1 aromatic rings. The third-order valence-electron chi connectivity index (χ3n) is 2.57. The Balaban J connectivity index is 2.62. The minimum atomic E-state index is -0.972. The van der Waals surface area contributed by atoms with Crippen molar-refractivity contribution in [2.45, 2.75) is 52.2 Å². The number of nitrogens with one attached hydrogen (secondary N) is 2. The fraction of sp³-hybridized carbons (Fsp3) is 0.615. The van der Waals surface area contributed by atoms with Crippen LogP contribution in [0.2, 0.25) is 0 Å². The molecule has 0 saturated heterocycles. The first-order chi connectivity index (χ1) is 9.02. The Morgan fingerprint density at radius 2 is 2.00 bits per heavy atom. The Hall–Kier alpha value is -1.92. The van der Waals surface area contributed by atoms with Crippen LogP contribution in [-0.4, -0.2) is 26.9 Å². The van der Waals surface area contributed by atoms with E-state index in [9.17, 15) is 9.18 Å². The van der Waals surface area contributed by atoms with Crippen molar-refractivity contribution in [3.8, 4) is 0 Å². The number of aromatic amines is 1. The predicted molar refractivity (Wildman–Crippen MR) is 72.7 cm³/mol. The minimum absolute atomic E-state index is 0.122. The average Bonchev–Trinajstić information content (AvgIpc) is 2.72. The number of H-pyrrole nitrogens is 1. The topological polar surface area (TPSA) is 79.9 Å². The summed E-state index contributed by atoms with van der Waals surface area (Å²) in [5.41, 5.74) is -1.54. The van der Waals surface area contributed by atoms with Gasteiger partial charge in [-0.2, -0.15) is 5.10 Å². The van der Waals surface area contributed by atoms with Gasteiger partial charge in [0.1, 0.15) is 17.3 Å². The zero-order chi connectivity index (χ0) is 15.6. The Bertz CT molecular complexity index is 503. The highest BCUT2D eigenvalue weighted by atomic mass is 19.1. The lowest BCUT2D eigenvalue weighted by atomic mass is 9.92. The predicted octanol–water partition coefficient (Wildman–Crippen LogP) is 2.59. The molecule has 1 rings (SSSR count). The number of rotatable bonds is 4. The molecule has 0 aromatic carbocycles. The number of nitrogens with zero attached hydrogens (tertiary/aromatic N) is 2. The van der Waals surface area contributed by atoms with Crippen LogP contribution in [-0.2, 0) is 16.7 Å². The molecular weight excluding hydrogens is 263 g/mol. The molecule has 0 radical (unpaired) electrons. The second-order valence-electron chi connectivity index (χ2n) is 5.99. The zero-order valence-corrected chi connectivity index (χ0v) is 12.5. The maximum absolute atomic E-state index is 13.3. The fourth-order valence-electron chi connectivity index (χ4n) is 1.25. The minimum Gasteiger partial charge on any atom is -0.444 e. The van der Waals surface area contributed by atoms with Gasteiger partial charge in [-0.15, -0.1) is 0 Å². The highest BCUT2D eigenvalue weighted by Gasteiger charge is 2.29. The number of carbonyl (C=O) groups is 1. The average molecular weight is 284 g/mol. The summed E-state index contributed by atoms with van der Waals surface area (Å²) in [5.74, 6) is 0.175. The first-order valence-electron chi connectivity index (χ1n) is 6.26. The highest BCUT2D eigenvalue weighted by molar-refractivity contribution is 5.67.